The second-order valence-electron chi connectivity index (χ2n) is 8.13. The van der Waals surface area contributed by atoms with Crippen LogP contribution >= 0.6 is 0 Å². The van der Waals surface area contributed by atoms with Gasteiger partial charge in [-0.2, -0.15) is 0 Å². The number of rotatable bonds is 3. The first kappa shape index (κ1) is 17.8. The van der Waals surface area contributed by atoms with Crippen molar-refractivity contribution in [2.45, 2.75) is 19.3 Å². The molecule has 2 heteroatoms. The van der Waals surface area contributed by atoms with Gasteiger partial charge in [0.1, 0.15) is 7.85 Å². The van der Waals surface area contributed by atoms with Gasteiger partial charge in [0.15, 0.2) is 0 Å². The van der Waals surface area contributed by atoms with Gasteiger partial charge >= 0.3 is 0 Å². The molecule has 0 saturated heterocycles. The average Bonchev–Trinajstić information content (AvgIpc) is 2.98. The van der Waals surface area contributed by atoms with Crippen LogP contribution in [-0.2, 0) is 5.41 Å². The molecule has 0 bridgehead atoms. The fourth-order valence-electron chi connectivity index (χ4n) is 4.53. The van der Waals surface area contributed by atoms with Crippen LogP contribution in [0.3, 0.4) is 0 Å². The minimum Gasteiger partial charge on any atom is -0.311 e. The first-order chi connectivity index (χ1) is 14.1. The van der Waals surface area contributed by atoms with Crippen molar-refractivity contribution in [3.8, 4) is 11.1 Å². The van der Waals surface area contributed by atoms with E-state index in [0.717, 1.165) is 22.5 Å². The Bertz CT molecular complexity index is 1190. The Morgan fingerprint density at radius 1 is 0.621 bits per heavy atom. The van der Waals surface area contributed by atoms with Crippen molar-refractivity contribution < 1.29 is 0 Å². The molecule has 2 radical (unpaired) electrons. The monoisotopic (exact) mass is 371 g/mol. The molecule has 0 fully saturated rings. The van der Waals surface area contributed by atoms with E-state index in [2.05, 4.69) is 91.5 Å². The molecule has 0 N–H and O–H groups in total. The van der Waals surface area contributed by atoms with Gasteiger partial charge in [-0.05, 0) is 52.6 Å². The predicted octanol–water partition coefficient (Wildman–Crippen LogP) is 6.26. The number of nitrogens with zero attached hydrogens (tertiary/aromatic N) is 1. The Hall–Kier alpha value is -3.26. The van der Waals surface area contributed by atoms with E-state index in [-0.39, 0.29) is 5.41 Å². The standard InChI is InChI=1S/C27H22BN/c1-27(2)23-13-7-6-12-21(23)22-17-16-20(18-24(22)27)29(19-10-4-3-5-11-19)26-15-9-8-14-25(26)28/h3-18H,1-2H3. The molecule has 5 rings (SSSR count). The van der Waals surface area contributed by atoms with Crippen molar-refractivity contribution in [3.63, 3.8) is 0 Å². The summed E-state index contributed by atoms with van der Waals surface area (Å²) in [6.45, 7) is 4.62. The molecule has 0 aromatic heterocycles. The zero-order chi connectivity index (χ0) is 20.0. The van der Waals surface area contributed by atoms with Crippen molar-refractivity contribution in [2.75, 3.05) is 4.90 Å². The van der Waals surface area contributed by atoms with Gasteiger partial charge in [-0.1, -0.05) is 86.0 Å². The Kier molecular flexibility index (Phi) is 4.10. The van der Waals surface area contributed by atoms with Crippen molar-refractivity contribution in [1.29, 1.82) is 0 Å². The van der Waals surface area contributed by atoms with Crippen molar-refractivity contribution in [1.82, 2.24) is 0 Å². The minimum absolute atomic E-state index is 0.0352. The first-order valence-electron chi connectivity index (χ1n) is 10.0. The highest BCUT2D eigenvalue weighted by Gasteiger charge is 2.35. The van der Waals surface area contributed by atoms with Gasteiger partial charge < -0.3 is 4.90 Å². The zero-order valence-electron chi connectivity index (χ0n) is 16.8. The van der Waals surface area contributed by atoms with E-state index < -0.39 is 0 Å². The summed E-state index contributed by atoms with van der Waals surface area (Å²) in [7, 11) is 6.39. The molecule has 0 unspecified atom stereocenters. The zero-order valence-corrected chi connectivity index (χ0v) is 16.8. The molecular formula is C27H22BN. The molecule has 138 valence electrons. The molecule has 0 amide bonds. The SMILES string of the molecule is [B]c1ccccc1N(c1ccccc1)c1ccc2c(c1)C(C)(C)c1ccccc1-2. The van der Waals surface area contributed by atoms with E-state index in [1.807, 2.05) is 24.3 Å². The third kappa shape index (κ3) is 2.79. The molecule has 0 aliphatic heterocycles. The van der Waals surface area contributed by atoms with Gasteiger partial charge in [0, 0.05) is 22.5 Å². The Morgan fingerprint density at radius 3 is 2.07 bits per heavy atom. The quantitative estimate of drug-likeness (QED) is 0.385. The molecule has 29 heavy (non-hydrogen) atoms. The summed E-state index contributed by atoms with van der Waals surface area (Å²) in [6, 6.07) is 34.0. The summed E-state index contributed by atoms with van der Waals surface area (Å²) in [5.74, 6) is 0. The van der Waals surface area contributed by atoms with Gasteiger partial charge in [0.25, 0.3) is 0 Å². The van der Waals surface area contributed by atoms with Gasteiger partial charge in [0.2, 0.25) is 0 Å². The van der Waals surface area contributed by atoms with Crippen LogP contribution in [0.4, 0.5) is 17.1 Å². The molecule has 1 aliphatic rings. The van der Waals surface area contributed by atoms with Crippen LogP contribution in [0.15, 0.2) is 97.1 Å². The lowest BCUT2D eigenvalue weighted by Gasteiger charge is -2.29. The second kappa shape index (κ2) is 6.67. The number of para-hydroxylation sites is 2. The molecule has 0 heterocycles. The van der Waals surface area contributed by atoms with Gasteiger partial charge in [-0.15, -0.1) is 0 Å². The first-order valence-corrected chi connectivity index (χ1v) is 10.0. The number of anilines is 3. The second-order valence-corrected chi connectivity index (χ2v) is 8.13. The topological polar surface area (TPSA) is 3.24 Å². The largest absolute Gasteiger partial charge is 0.311 e. The fraction of sp³-hybridized carbons (Fsp3) is 0.111. The molecule has 1 nitrogen and oxygen atoms in total. The highest BCUT2D eigenvalue weighted by molar-refractivity contribution is 6.36. The Labute approximate surface area is 174 Å². The maximum absolute atomic E-state index is 6.39. The predicted molar refractivity (Wildman–Crippen MR) is 124 cm³/mol. The van der Waals surface area contributed by atoms with Gasteiger partial charge in [-0.25, -0.2) is 0 Å². The third-order valence-corrected chi connectivity index (χ3v) is 6.02. The summed E-state index contributed by atoms with van der Waals surface area (Å²) < 4.78 is 0. The Morgan fingerprint density at radius 2 is 1.28 bits per heavy atom. The molecule has 4 aromatic rings. The van der Waals surface area contributed by atoms with Crippen LogP contribution in [0.5, 0.6) is 0 Å². The normalized spacial score (nSPS) is 13.6. The number of hydrogen-bond donors (Lipinski definition) is 0. The molecule has 0 saturated carbocycles. The lowest BCUT2D eigenvalue weighted by atomic mass is 9.82. The van der Waals surface area contributed by atoms with Crippen LogP contribution in [-0.4, -0.2) is 7.85 Å². The van der Waals surface area contributed by atoms with Crippen LogP contribution in [0, 0.1) is 0 Å². The van der Waals surface area contributed by atoms with Crippen LogP contribution < -0.4 is 10.4 Å². The van der Waals surface area contributed by atoms with Crippen LogP contribution in [0.25, 0.3) is 11.1 Å². The average molecular weight is 371 g/mol. The molecule has 4 aromatic carbocycles. The van der Waals surface area contributed by atoms with Crippen LogP contribution in [0.1, 0.15) is 25.0 Å². The lowest BCUT2D eigenvalue weighted by molar-refractivity contribution is 0.660. The maximum atomic E-state index is 6.39. The fourth-order valence-corrected chi connectivity index (χ4v) is 4.53. The van der Waals surface area contributed by atoms with E-state index in [1.165, 1.54) is 22.3 Å². The summed E-state index contributed by atoms with van der Waals surface area (Å²) in [6.07, 6.45) is 0. The lowest BCUT2D eigenvalue weighted by Crippen LogP contribution is -2.20. The molecular weight excluding hydrogens is 349 g/mol. The van der Waals surface area contributed by atoms with Crippen molar-refractivity contribution in [2.24, 2.45) is 0 Å². The molecule has 1 aliphatic carbocycles. The van der Waals surface area contributed by atoms with E-state index in [9.17, 15) is 0 Å². The van der Waals surface area contributed by atoms with Crippen LogP contribution in [0.2, 0.25) is 0 Å². The van der Waals surface area contributed by atoms with Crippen molar-refractivity contribution >= 4 is 30.4 Å². The van der Waals surface area contributed by atoms with E-state index in [0.29, 0.717) is 0 Å². The highest BCUT2D eigenvalue weighted by atomic mass is 15.1. The molecule has 0 atom stereocenters. The van der Waals surface area contributed by atoms with E-state index >= 15 is 0 Å². The number of benzene rings is 4. The molecule has 0 spiro atoms. The summed E-state index contributed by atoms with van der Waals surface area (Å²) in [4.78, 5) is 2.24. The van der Waals surface area contributed by atoms with E-state index in [4.69, 9.17) is 7.85 Å². The smallest absolute Gasteiger partial charge is 0.116 e. The van der Waals surface area contributed by atoms with Gasteiger partial charge in [-0.3, -0.25) is 0 Å². The highest BCUT2D eigenvalue weighted by Crippen LogP contribution is 2.50. The third-order valence-electron chi connectivity index (χ3n) is 6.02. The van der Waals surface area contributed by atoms with Gasteiger partial charge in [0.05, 0.1) is 0 Å². The maximum Gasteiger partial charge on any atom is 0.116 e. The number of hydrogen-bond acceptors (Lipinski definition) is 1. The van der Waals surface area contributed by atoms with E-state index in [1.54, 1.807) is 0 Å². The summed E-state index contributed by atoms with van der Waals surface area (Å²) >= 11 is 0. The van der Waals surface area contributed by atoms with Crippen molar-refractivity contribution in [3.05, 3.63) is 108 Å². The summed E-state index contributed by atoms with van der Waals surface area (Å²) in [5.41, 5.74) is 9.34. The number of fused-ring (bicyclic) bond motifs is 3. The Balaban J connectivity index is 1.72. The minimum atomic E-state index is -0.0352. The summed E-state index contributed by atoms with van der Waals surface area (Å²) in [5, 5.41) is 0.